The molecule has 0 aliphatic carbocycles. The second kappa shape index (κ2) is 6.05. The van der Waals surface area contributed by atoms with Gasteiger partial charge in [0.25, 0.3) is 0 Å². The Kier molecular flexibility index (Phi) is 3.14. The van der Waals surface area contributed by atoms with Crippen LogP contribution in [-0.2, 0) is 0 Å². The number of rotatable bonds is 1. The highest BCUT2D eigenvalue weighted by atomic mass is 16.3. The van der Waals surface area contributed by atoms with E-state index in [9.17, 15) is 0 Å². The SMILES string of the molecule is c1ccc2c(c1)oc1ccc(-n3c4ccccc4c4cc5c(cc43)oc3ccccc35)cc12. The molecule has 3 heteroatoms. The summed E-state index contributed by atoms with van der Waals surface area (Å²) < 4.78 is 14.6. The molecule has 0 radical (unpaired) electrons. The van der Waals surface area contributed by atoms with Gasteiger partial charge in [0.2, 0.25) is 0 Å². The Morgan fingerprint density at radius 2 is 1.00 bits per heavy atom. The molecule has 33 heavy (non-hydrogen) atoms. The third-order valence-electron chi connectivity index (χ3n) is 6.79. The molecule has 0 unspecified atom stereocenters. The average molecular weight is 423 g/mol. The van der Waals surface area contributed by atoms with E-state index in [1.54, 1.807) is 0 Å². The number of nitrogens with zero attached hydrogens (tertiary/aromatic N) is 1. The number of fused-ring (bicyclic) bond motifs is 9. The van der Waals surface area contributed by atoms with Crippen molar-refractivity contribution < 1.29 is 8.83 Å². The van der Waals surface area contributed by atoms with Crippen molar-refractivity contribution in [1.29, 1.82) is 0 Å². The Bertz CT molecular complexity index is 2030. The number of benzene rings is 5. The predicted molar refractivity (Wildman–Crippen MR) is 135 cm³/mol. The number of hydrogen-bond acceptors (Lipinski definition) is 2. The summed E-state index contributed by atoms with van der Waals surface area (Å²) in [5.74, 6) is 0. The van der Waals surface area contributed by atoms with Crippen LogP contribution in [0, 0.1) is 0 Å². The summed E-state index contributed by atoms with van der Waals surface area (Å²) >= 11 is 0. The van der Waals surface area contributed by atoms with Crippen LogP contribution in [0.5, 0.6) is 0 Å². The molecular weight excluding hydrogens is 406 g/mol. The van der Waals surface area contributed by atoms with E-state index in [0.29, 0.717) is 0 Å². The normalized spacial score (nSPS) is 12.2. The molecule has 8 rings (SSSR count). The monoisotopic (exact) mass is 423 g/mol. The van der Waals surface area contributed by atoms with Crippen LogP contribution in [0.15, 0.2) is 112 Å². The summed E-state index contributed by atoms with van der Waals surface area (Å²) in [5, 5.41) is 7.02. The molecule has 0 atom stereocenters. The first-order valence-electron chi connectivity index (χ1n) is 11.1. The van der Waals surface area contributed by atoms with E-state index in [-0.39, 0.29) is 0 Å². The lowest BCUT2D eigenvalue weighted by atomic mass is 10.1. The summed E-state index contributed by atoms with van der Waals surface area (Å²) in [6.45, 7) is 0. The first-order valence-corrected chi connectivity index (χ1v) is 11.1. The smallest absolute Gasteiger partial charge is 0.137 e. The fourth-order valence-electron chi connectivity index (χ4n) is 5.32. The summed E-state index contributed by atoms with van der Waals surface area (Å²) in [6.07, 6.45) is 0. The van der Waals surface area contributed by atoms with Gasteiger partial charge in [-0.15, -0.1) is 0 Å². The molecule has 3 aromatic heterocycles. The highest BCUT2D eigenvalue weighted by molar-refractivity contribution is 6.17. The summed E-state index contributed by atoms with van der Waals surface area (Å²) in [4.78, 5) is 0. The number of hydrogen-bond donors (Lipinski definition) is 0. The topological polar surface area (TPSA) is 31.2 Å². The first-order chi connectivity index (χ1) is 16.3. The Balaban J connectivity index is 1.52. The zero-order valence-corrected chi connectivity index (χ0v) is 17.6. The van der Waals surface area contributed by atoms with Gasteiger partial charge in [-0.05, 0) is 42.5 Å². The molecule has 0 saturated heterocycles. The molecule has 0 aliphatic rings. The second-order valence-corrected chi connectivity index (χ2v) is 8.59. The van der Waals surface area contributed by atoms with Gasteiger partial charge in [-0.1, -0.05) is 54.6 Å². The summed E-state index contributed by atoms with van der Waals surface area (Å²) in [7, 11) is 0. The van der Waals surface area contributed by atoms with Gasteiger partial charge in [0, 0.05) is 44.1 Å². The van der Waals surface area contributed by atoms with Crippen molar-refractivity contribution in [2.75, 3.05) is 0 Å². The molecule has 8 aromatic rings. The fraction of sp³-hybridized carbons (Fsp3) is 0. The Morgan fingerprint density at radius 1 is 0.394 bits per heavy atom. The molecule has 3 nitrogen and oxygen atoms in total. The fourth-order valence-corrected chi connectivity index (χ4v) is 5.32. The van der Waals surface area contributed by atoms with Crippen LogP contribution in [0.4, 0.5) is 0 Å². The van der Waals surface area contributed by atoms with E-state index in [1.807, 2.05) is 24.3 Å². The van der Waals surface area contributed by atoms with Crippen molar-refractivity contribution in [3.8, 4) is 5.69 Å². The van der Waals surface area contributed by atoms with Crippen molar-refractivity contribution in [1.82, 2.24) is 4.57 Å². The van der Waals surface area contributed by atoms with Crippen molar-refractivity contribution in [3.63, 3.8) is 0 Å². The lowest BCUT2D eigenvalue weighted by Crippen LogP contribution is -1.93. The van der Waals surface area contributed by atoms with Crippen molar-refractivity contribution in [2.45, 2.75) is 0 Å². The number of aromatic nitrogens is 1. The molecule has 0 spiro atoms. The second-order valence-electron chi connectivity index (χ2n) is 8.59. The molecule has 0 N–H and O–H groups in total. The summed E-state index contributed by atoms with van der Waals surface area (Å²) in [6, 6.07) is 36.0. The van der Waals surface area contributed by atoms with E-state index in [4.69, 9.17) is 8.83 Å². The standard InChI is InChI=1S/C30H17NO2/c1-4-10-25-19(7-1)22-16-24-21-9-3-6-12-28(21)33-30(24)17-26(22)31(25)18-13-14-29-23(15-18)20-8-2-5-11-27(20)32-29/h1-17H. The third-order valence-corrected chi connectivity index (χ3v) is 6.79. The molecule has 0 amide bonds. The molecule has 3 heterocycles. The zero-order valence-electron chi connectivity index (χ0n) is 17.6. The van der Waals surface area contributed by atoms with Gasteiger partial charge in [-0.25, -0.2) is 0 Å². The molecular formula is C30H17NO2. The molecule has 0 bridgehead atoms. The van der Waals surface area contributed by atoms with E-state index >= 15 is 0 Å². The number of furan rings is 2. The summed E-state index contributed by atoms with van der Waals surface area (Å²) in [5.41, 5.74) is 7.06. The van der Waals surface area contributed by atoms with Crippen LogP contribution >= 0.6 is 0 Å². The average Bonchev–Trinajstić information content (AvgIpc) is 3.51. The minimum atomic E-state index is 0.903. The van der Waals surface area contributed by atoms with Crippen LogP contribution in [0.3, 0.4) is 0 Å². The van der Waals surface area contributed by atoms with Gasteiger partial charge in [0.15, 0.2) is 0 Å². The highest BCUT2D eigenvalue weighted by Crippen LogP contribution is 2.39. The molecule has 0 fully saturated rings. The van der Waals surface area contributed by atoms with E-state index in [1.165, 1.54) is 16.3 Å². The van der Waals surface area contributed by atoms with Crippen LogP contribution in [0.25, 0.3) is 71.4 Å². The molecule has 5 aromatic carbocycles. The Hall–Kier alpha value is -4.50. The predicted octanol–water partition coefficient (Wildman–Crippen LogP) is 8.58. The van der Waals surface area contributed by atoms with Crippen LogP contribution in [0.2, 0.25) is 0 Å². The molecule has 154 valence electrons. The first kappa shape index (κ1) is 17.1. The van der Waals surface area contributed by atoms with Gasteiger partial charge in [-0.3, -0.25) is 0 Å². The quantitative estimate of drug-likeness (QED) is 0.265. The van der Waals surface area contributed by atoms with Crippen molar-refractivity contribution in [3.05, 3.63) is 103 Å². The van der Waals surface area contributed by atoms with Gasteiger partial charge in [0.05, 0.1) is 11.0 Å². The van der Waals surface area contributed by atoms with Crippen molar-refractivity contribution in [2.24, 2.45) is 0 Å². The largest absolute Gasteiger partial charge is 0.456 e. The Morgan fingerprint density at radius 3 is 1.79 bits per heavy atom. The van der Waals surface area contributed by atoms with Gasteiger partial charge < -0.3 is 13.4 Å². The van der Waals surface area contributed by atoms with Crippen molar-refractivity contribution >= 4 is 65.7 Å². The third kappa shape index (κ3) is 2.23. The minimum absolute atomic E-state index is 0.903. The maximum absolute atomic E-state index is 6.23. The number of para-hydroxylation sites is 3. The maximum Gasteiger partial charge on any atom is 0.137 e. The lowest BCUT2D eigenvalue weighted by molar-refractivity contribution is 0.668. The lowest BCUT2D eigenvalue weighted by Gasteiger charge is -2.08. The van der Waals surface area contributed by atoms with Gasteiger partial charge in [-0.2, -0.15) is 0 Å². The highest BCUT2D eigenvalue weighted by Gasteiger charge is 2.17. The van der Waals surface area contributed by atoms with Crippen LogP contribution in [-0.4, -0.2) is 4.57 Å². The van der Waals surface area contributed by atoms with E-state index in [2.05, 4.69) is 83.4 Å². The van der Waals surface area contributed by atoms with Crippen LogP contribution in [0.1, 0.15) is 0 Å². The van der Waals surface area contributed by atoms with E-state index in [0.717, 1.165) is 55.1 Å². The van der Waals surface area contributed by atoms with E-state index < -0.39 is 0 Å². The molecule has 0 saturated carbocycles. The Labute approximate surface area is 188 Å². The van der Waals surface area contributed by atoms with Gasteiger partial charge in [0.1, 0.15) is 22.3 Å². The van der Waals surface area contributed by atoms with Gasteiger partial charge >= 0.3 is 0 Å². The zero-order chi connectivity index (χ0) is 21.5. The molecule has 0 aliphatic heterocycles. The van der Waals surface area contributed by atoms with Crippen LogP contribution < -0.4 is 0 Å². The maximum atomic E-state index is 6.23. The minimum Gasteiger partial charge on any atom is -0.456 e.